The van der Waals surface area contributed by atoms with Crippen molar-refractivity contribution < 1.29 is 13.5 Å². The highest BCUT2D eigenvalue weighted by molar-refractivity contribution is 8.93. The Balaban J connectivity index is 0.00000176. The topological polar surface area (TPSA) is 56.0 Å². The van der Waals surface area contributed by atoms with Gasteiger partial charge in [0.15, 0.2) is 16.3 Å². The average Bonchev–Trinajstić information content (AvgIpc) is 2.79. The number of aromatic nitrogens is 2. The normalized spacial score (nSPS) is 16.6. The van der Waals surface area contributed by atoms with Crippen LogP contribution in [0.4, 0.5) is 8.78 Å². The Morgan fingerprint density at radius 3 is 2.91 bits per heavy atom. The Hall–Kier alpha value is -1.25. The Morgan fingerprint density at radius 1 is 1.41 bits per heavy atom. The van der Waals surface area contributed by atoms with Gasteiger partial charge in [-0.05, 0) is 24.8 Å². The third-order valence-corrected chi connectivity index (χ3v) is 3.93. The molecule has 120 valence electrons. The second-order valence-electron chi connectivity index (χ2n) is 5.04. The van der Waals surface area contributed by atoms with Crippen LogP contribution in [0, 0.1) is 16.4 Å². The van der Waals surface area contributed by atoms with Gasteiger partial charge in [-0.25, -0.2) is 8.78 Å². The number of imidazole rings is 1. The molecule has 1 aromatic carbocycles. The van der Waals surface area contributed by atoms with Crippen molar-refractivity contribution in [1.29, 1.82) is 0 Å². The molecule has 0 bridgehead atoms. The number of nitrogens with zero attached hydrogens (tertiary/aromatic N) is 1. The summed E-state index contributed by atoms with van der Waals surface area (Å²) in [6.45, 7) is 0.791. The maximum atomic E-state index is 13.7. The van der Waals surface area contributed by atoms with E-state index in [1.165, 1.54) is 6.07 Å². The van der Waals surface area contributed by atoms with Gasteiger partial charge in [0.05, 0.1) is 6.04 Å². The van der Waals surface area contributed by atoms with Crippen LogP contribution in [0.1, 0.15) is 17.3 Å². The Labute approximate surface area is 142 Å². The zero-order valence-corrected chi connectivity index (χ0v) is 14.2. The number of fused-ring (bicyclic) bond motifs is 1. The summed E-state index contributed by atoms with van der Waals surface area (Å²) < 4.78 is 35.0. The fraction of sp³-hybridized carbons (Fsp3) is 0.357. The first kappa shape index (κ1) is 17.1. The minimum atomic E-state index is -0.664. The van der Waals surface area contributed by atoms with Crippen LogP contribution in [0.5, 0.6) is 5.75 Å². The van der Waals surface area contributed by atoms with E-state index in [4.69, 9.17) is 22.7 Å². The van der Waals surface area contributed by atoms with Crippen molar-refractivity contribution in [2.75, 3.05) is 13.2 Å². The molecular weight excluding hydrogens is 376 g/mol. The summed E-state index contributed by atoms with van der Waals surface area (Å²) in [6.07, 6.45) is 2.96. The molecule has 1 unspecified atom stereocenters. The minimum absolute atomic E-state index is 0. The van der Waals surface area contributed by atoms with Crippen molar-refractivity contribution in [3.8, 4) is 5.75 Å². The molecule has 3 N–H and O–H groups in total. The molecule has 1 atom stereocenters. The molecule has 4 nitrogen and oxygen atoms in total. The first-order valence-electron chi connectivity index (χ1n) is 6.69. The number of nitrogens with one attached hydrogen (secondary N) is 1. The summed E-state index contributed by atoms with van der Waals surface area (Å²) in [4.78, 5) is 2.98. The average molecular weight is 392 g/mol. The van der Waals surface area contributed by atoms with Gasteiger partial charge in [-0.15, -0.1) is 17.0 Å². The predicted molar refractivity (Wildman–Crippen MR) is 87.3 cm³/mol. The molecule has 1 aromatic heterocycles. The molecule has 0 aliphatic carbocycles. The highest BCUT2D eigenvalue weighted by Gasteiger charge is 2.26. The van der Waals surface area contributed by atoms with Crippen molar-refractivity contribution >= 4 is 29.2 Å². The van der Waals surface area contributed by atoms with Gasteiger partial charge in [-0.3, -0.25) is 0 Å². The van der Waals surface area contributed by atoms with Crippen molar-refractivity contribution in [1.82, 2.24) is 9.55 Å². The molecule has 3 rings (SSSR count). The third kappa shape index (κ3) is 3.09. The van der Waals surface area contributed by atoms with Crippen LogP contribution in [0.15, 0.2) is 18.3 Å². The van der Waals surface area contributed by atoms with E-state index in [9.17, 15) is 8.78 Å². The van der Waals surface area contributed by atoms with Crippen molar-refractivity contribution in [3.05, 3.63) is 46.0 Å². The quantitative estimate of drug-likeness (QED) is 0.790. The van der Waals surface area contributed by atoms with Gasteiger partial charge in [0, 0.05) is 36.4 Å². The summed E-state index contributed by atoms with van der Waals surface area (Å²) in [6, 6.07) is 2.05. The molecule has 0 fully saturated rings. The van der Waals surface area contributed by atoms with Crippen molar-refractivity contribution in [3.63, 3.8) is 0 Å². The number of halogens is 3. The SMILES string of the molecule is Br.NCCc1c[nH]c(=S)n1C1COc2c(F)cc(F)cc2C1. The molecule has 0 radical (unpaired) electrons. The van der Waals surface area contributed by atoms with E-state index >= 15 is 0 Å². The minimum Gasteiger partial charge on any atom is -0.488 e. The molecule has 8 heteroatoms. The third-order valence-electron chi connectivity index (χ3n) is 3.62. The summed E-state index contributed by atoms with van der Waals surface area (Å²) in [7, 11) is 0. The van der Waals surface area contributed by atoms with Gasteiger partial charge < -0.3 is 20.0 Å². The van der Waals surface area contributed by atoms with E-state index in [0.29, 0.717) is 36.3 Å². The number of hydrogen-bond acceptors (Lipinski definition) is 3. The second kappa shape index (κ2) is 6.89. The first-order valence-corrected chi connectivity index (χ1v) is 7.10. The number of nitrogens with two attached hydrogens (primary N) is 1. The fourth-order valence-corrected chi connectivity index (χ4v) is 3.07. The van der Waals surface area contributed by atoms with Crippen LogP contribution in [-0.4, -0.2) is 22.7 Å². The largest absolute Gasteiger partial charge is 0.488 e. The van der Waals surface area contributed by atoms with Gasteiger partial charge in [0.2, 0.25) is 0 Å². The summed E-state index contributed by atoms with van der Waals surface area (Å²) >= 11 is 5.28. The number of hydrogen-bond donors (Lipinski definition) is 2. The molecular formula is C14H16BrF2N3OS. The van der Waals surface area contributed by atoms with Crippen LogP contribution in [0.2, 0.25) is 0 Å². The number of benzene rings is 1. The molecule has 1 aliphatic rings. The molecule has 22 heavy (non-hydrogen) atoms. The Morgan fingerprint density at radius 2 is 2.18 bits per heavy atom. The maximum absolute atomic E-state index is 13.7. The van der Waals surface area contributed by atoms with Gasteiger partial charge in [0.25, 0.3) is 0 Å². The van der Waals surface area contributed by atoms with Gasteiger partial charge in [-0.1, -0.05) is 0 Å². The highest BCUT2D eigenvalue weighted by atomic mass is 79.9. The molecule has 2 aromatic rings. The zero-order chi connectivity index (χ0) is 15.0. The van der Waals surface area contributed by atoms with E-state index in [0.717, 1.165) is 11.8 Å². The van der Waals surface area contributed by atoms with Crippen LogP contribution >= 0.6 is 29.2 Å². The van der Waals surface area contributed by atoms with Crippen LogP contribution in [0.25, 0.3) is 0 Å². The molecule has 2 heterocycles. The lowest BCUT2D eigenvalue weighted by Gasteiger charge is -2.27. The molecule has 0 amide bonds. The first-order chi connectivity index (χ1) is 10.1. The highest BCUT2D eigenvalue weighted by Crippen LogP contribution is 2.33. The van der Waals surface area contributed by atoms with Crippen LogP contribution in [-0.2, 0) is 12.8 Å². The lowest BCUT2D eigenvalue weighted by atomic mass is 10.0. The predicted octanol–water partition coefficient (Wildman–Crippen LogP) is 3.08. The lowest BCUT2D eigenvalue weighted by molar-refractivity contribution is 0.210. The van der Waals surface area contributed by atoms with Gasteiger partial charge in [-0.2, -0.15) is 0 Å². The molecule has 1 aliphatic heterocycles. The van der Waals surface area contributed by atoms with Gasteiger partial charge >= 0.3 is 0 Å². The van der Waals surface area contributed by atoms with E-state index in [-0.39, 0.29) is 28.8 Å². The lowest BCUT2D eigenvalue weighted by Crippen LogP contribution is -2.27. The zero-order valence-electron chi connectivity index (χ0n) is 11.6. The fourth-order valence-electron chi connectivity index (χ4n) is 2.74. The van der Waals surface area contributed by atoms with E-state index in [1.54, 1.807) is 0 Å². The molecule has 0 spiro atoms. The second-order valence-corrected chi connectivity index (χ2v) is 5.43. The molecule has 0 saturated carbocycles. The van der Waals surface area contributed by atoms with Crippen molar-refractivity contribution in [2.24, 2.45) is 5.73 Å². The Kier molecular flexibility index (Phi) is 5.36. The summed E-state index contributed by atoms with van der Waals surface area (Å²) in [5.41, 5.74) is 7.08. The monoisotopic (exact) mass is 391 g/mol. The van der Waals surface area contributed by atoms with Crippen LogP contribution in [0.3, 0.4) is 0 Å². The van der Waals surface area contributed by atoms with E-state index < -0.39 is 11.6 Å². The van der Waals surface area contributed by atoms with E-state index in [1.807, 2.05) is 10.8 Å². The Bertz CT molecular complexity index is 731. The van der Waals surface area contributed by atoms with Gasteiger partial charge in [0.1, 0.15) is 12.4 Å². The number of rotatable bonds is 3. The smallest absolute Gasteiger partial charge is 0.177 e. The number of H-pyrrole nitrogens is 1. The summed E-state index contributed by atoms with van der Waals surface area (Å²) in [5.74, 6) is -1.13. The number of aromatic amines is 1. The summed E-state index contributed by atoms with van der Waals surface area (Å²) in [5, 5.41) is 0. The molecule has 0 saturated heterocycles. The maximum Gasteiger partial charge on any atom is 0.177 e. The number of ether oxygens (including phenoxy) is 1. The van der Waals surface area contributed by atoms with Crippen molar-refractivity contribution in [2.45, 2.75) is 18.9 Å². The van der Waals surface area contributed by atoms with Crippen LogP contribution < -0.4 is 10.5 Å². The van der Waals surface area contributed by atoms with E-state index in [2.05, 4.69) is 4.98 Å². The standard InChI is InChI=1S/C14H15F2N3OS.BrH/c15-9-3-8-4-11(7-20-13(8)12(16)5-9)19-10(1-2-17)6-18-14(19)21;/h3,5-6,11H,1-2,4,7,17H2,(H,18,21);1H.